The molecule has 0 spiro atoms. The smallest absolute Gasteiger partial charge is 0.331 e. The third-order valence-corrected chi connectivity index (χ3v) is 9.70. The van der Waals surface area contributed by atoms with E-state index in [9.17, 15) is 14.4 Å². The van der Waals surface area contributed by atoms with Crippen LogP contribution >= 0.6 is 0 Å². The molecule has 0 aromatic heterocycles. The first-order valence-electron chi connectivity index (χ1n) is 9.18. The molecular formula is C23H24O6Si. The van der Waals surface area contributed by atoms with E-state index >= 15 is 0 Å². The Kier molecular flexibility index (Phi) is 7.88. The minimum atomic E-state index is -3.38. The number of rotatable bonds is 7. The van der Waals surface area contributed by atoms with Gasteiger partial charge in [-0.1, -0.05) is 65.9 Å². The van der Waals surface area contributed by atoms with Crippen LogP contribution in [0.3, 0.4) is 0 Å². The lowest BCUT2D eigenvalue weighted by Gasteiger charge is -2.35. The predicted octanol–water partition coefficient (Wildman–Crippen LogP) is 1.72. The fraction of sp³-hybridized carbons (Fsp3) is 0.174. The monoisotopic (exact) mass is 424 g/mol. The first-order chi connectivity index (χ1) is 14.4. The lowest BCUT2D eigenvalue weighted by Crippen LogP contribution is -2.63. The SMILES string of the molecule is COC(=O)C=C(C)[Si](C(=CC(=O)OC)C(=O)OC)(c1ccccc1)c1ccccc1. The molecule has 0 saturated heterocycles. The molecule has 156 valence electrons. The fourth-order valence-electron chi connectivity index (χ4n) is 3.47. The van der Waals surface area contributed by atoms with Crippen molar-refractivity contribution in [3.05, 3.63) is 83.2 Å². The van der Waals surface area contributed by atoms with Gasteiger partial charge in [-0.3, -0.25) is 0 Å². The topological polar surface area (TPSA) is 78.9 Å². The normalized spacial score (nSPS) is 12.1. The number of methoxy groups -OCH3 is 3. The Labute approximate surface area is 176 Å². The van der Waals surface area contributed by atoms with Gasteiger partial charge in [0.15, 0.2) is 8.07 Å². The molecule has 0 bridgehead atoms. The standard InChI is InChI=1S/C23H24O6Si/c1-17(15-21(24)27-2)30(18-11-7-5-8-12-18,19-13-9-6-10-14-19)20(23(26)29-4)16-22(25)28-3/h5-16H,1-4H3. The van der Waals surface area contributed by atoms with Crippen molar-refractivity contribution in [2.24, 2.45) is 0 Å². The van der Waals surface area contributed by atoms with Crippen molar-refractivity contribution in [1.29, 1.82) is 0 Å². The van der Waals surface area contributed by atoms with E-state index in [1.165, 1.54) is 27.4 Å². The number of benzene rings is 2. The van der Waals surface area contributed by atoms with Gasteiger partial charge in [0.2, 0.25) is 0 Å². The molecule has 2 rings (SSSR count). The van der Waals surface area contributed by atoms with Crippen LogP contribution in [-0.2, 0) is 28.6 Å². The molecule has 0 fully saturated rings. The van der Waals surface area contributed by atoms with E-state index in [4.69, 9.17) is 14.2 Å². The van der Waals surface area contributed by atoms with Crippen LogP contribution in [0.1, 0.15) is 6.92 Å². The van der Waals surface area contributed by atoms with Gasteiger partial charge >= 0.3 is 17.9 Å². The highest BCUT2D eigenvalue weighted by Crippen LogP contribution is 2.26. The van der Waals surface area contributed by atoms with Gasteiger partial charge in [0.05, 0.1) is 21.3 Å². The summed E-state index contributed by atoms with van der Waals surface area (Å²) < 4.78 is 14.7. The molecule has 0 radical (unpaired) electrons. The van der Waals surface area contributed by atoms with E-state index in [1.807, 2.05) is 60.7 Å². The summed E-state index contributed by atoms with van der Waals surface area (Å²) in [7, 11) is 0.394. The summed E-state index contributed by atoms with van der Waals surface area (Å²) in [5, 5.41) is 2.35. The van der Waals surface area contributed by atoms with Crippen LogP contribution in [0.5, 0.6) is 0 Å². The molecule has 6 nitrogen and oxygen atoms in total. The second kappa shape index (κ2) is 10.4. The van der Waals surface area contributed by atoms with Gasteiger partial charge in [-0.2, -0.15) is 0 Å². The van der Waals surface area contributed by atoms with Crippen molar-refractivity contribution in [2.45, 2.75) is 6.92 Å². The number of carbonyl (C=O) groups is 3. The van der Waals surface area contributed by atoms with Gasteiger partial charge in [-0.25, -0.2) is 14.4 Å². The Hall–Kier alpha value is -3.45. The third-order valence-electron chi connectivity index (χ3n) is 4.81. The molecule has 0 N–H and O–H groups in total. The first-order valence-corrected chi connectivity index (χ1v) is 11.2. The molecule has 0 aliphatic carbocycles. The zero-order valence-electron chi connectivity index (χ0n) is 17.4. The van der Waals surface area contributed by atoms with Crippen molar-refractivity contribution >= 4 is 36.4 Å². The van der Waals surface area contributed by atoms with Gasteiger partial charge in [0, 0.05) is 17.3 Å². The van der Waals surface area contributed by atoms with E-state index in [0.717, 1.165) is 16.4 Å². The molecule has 7 heteroatoms. The maximum Gasteiger partial charge on any atom is 0.331 e. The second-order valence-corrected chi connectivity index (χ2v) is 10.4. The Morgan fingerprint density at radius 3 is 1.53 bits per heavy atom. The van der Waals surface area contributed by atoms with Crippen LogP contribution in [0.2, 0.25) is 0 Å². The maximum absolute atomic E-state index is 13.0. The maximum atomic E-state index is 13.0. The largest absolute Gasteiger partial charge is 0.466 e. The van der Waals surface area contributed by atoms with Gasteiger partial charge in [-0.15, -0.1) is 0 Å². The Morgan fingerprint density at radius 1 is 0.700 bits per heavy atom. The fourth-order valence-corrected chi connectivity index (χ4v) is 8.23. The van der Waals surface area contributed by atoms with Crippen molar-refractivity contribution in [2.75, 3.05) is 21.3 Å². The number of hydrogen-bond donors (Lipinski definition) is 0. The first kappa shape index (κ1) is 22.8. The molecule has 0 aliphatic rings. The number of carbonyl (C=O) groups excluding carboxylic acids is 3. The van der Waals surface area contributed by atoms with Crippen LogP contribution in [0.15, 0.2) is 83.2 Å². The average Bonchev–Trinajstić information content (AvgIpc) is 2.79. The van der Waals surface area contributed by atoms with E-state index in [1.54, 1.807) is 6.92 Å². The molecule has 30 heavy (non-hydrogen) atoms. The van der Waals surface area contributed by atoms with Crippen molar-refractivity contribution in [3.63, 3.8) is 0 Å². The molecular weight excluding hydrogens is 400 g/mol. The van der Waals surface area contributed by atoms with Gasteiger partial charge in [-0.05, 0) is 17.3 Å². The summed E-state index contributed by atoms with van der Waals surface area (Å²) in [6, 6.07) is 18.6. The molecule has 0 atom stereocenters. The summed E-state index contributed by atoms with van der Waals surface area (Å²) in [4.78, 5) is 37.4. The number of esters is 3. The van der Waals surface area contributed by atoms with Crippen LogP contribution in [-0.4, -0.2) is 47.3 Å². The summed E-state index contributed by atoms with van der Waals surface area (Å²) in [5.74, 6) is -1.92. The Balaban J connectivity index is 3.05. The lowest BCUT2D eigenvalue weighted by atomic mass is 10.4. The van der Waals surface area contributed by atoms with E-state index in [2.05, 4.69) is 0 Å². The van der Waals surface area contributed by atoms with Crippen LogP contribution in [0.25, 0.3) is 0 Å². The van der Waals surface area contributed by atoms with Crippen LogP contribution in [0, 0.1) is 0 Å². The minimum Gasteiger partial charge on any atom is -0.466 e. The van der Waals surface area contributed by atoms with E-state index < -0.39 is 26.0 Å². The van der Waals surface area contributed by atoms with Crippen molar-refractivity contribution in [1.82, 2.24) is 0 Å². The third kappa shape index (κ3) is 4.57. The van der Waals surface area contributed by atoms with Gasteiger partial charge < -0.3 is 14.2 Å². The highest BCUT2D eigenvalue weighted by Gasteiger charge is 2.47. The highest BCUT2D eigenvalue weighted by molar-refractivity contribution is 7.14. The molecule has 2 aromatic rings. The predicted molar refractivity (Wildman–Crippen MR) is 116 cm³/mol. The van der Waals surface area contributed by atoms with Crippen molar-refractivity contribution < 1.29 is 28.6 Å². The van der Waals surface area contributed by atoms with Gasteiger partial charge in [0.1, 0.15) is 0 Å². The molecule has 0 aliphatic heterocycles. The summed E-state index contributed by atoms with van der Waals surface area (Å²) >= 11 is 0. The van der Waals surface area contributed by atoms with Crippen molar-refractivity contribution in [3.8, 4) is 0 Å². The Bertz CT molecular complexity index is 924. The number of ether oxygens (including phenoxy) is 3. The van der Waals surface area contributed by atoms with Crippen LogP contribution < -0.4 is 10.4 Å². The zero-order chi connectivity index (χ0) is 22.1. The Morgan fingerprint density at radius 2 is 1.13 bits per heavy atom. The molecule has 0 heterocycles. The molecule has 0 amide bonds. The number of hydrogen-bond acceptors (Lipinski definition) is 6. The molecule has 0 unspecified atom stereocenters. The summed E-state index contributed by atoms with van der Waals surface area (Å²) in [6.45, 7) is 1.76. The van der Waals surface area contributed by atoms with Crippen LogP contribution in [0.4, 0.5) is 0 Å². The number of allylic oxidation sites excluding steroid dienone is 1. The summed E-state index contributed by atoms with van der Waals surface area (Å²) in [5.41, 5.74) is 0. The molecule has 0 saturated carbocycles. The highest BCUT2D eigenvalue weighted by atomic mass is 28.3. The van der Waals surface area contributed by atoms with E-state index in [-0.39, 0.29) is 5.20 Å². The average molecular weight is 425 g/mol. The zero-order valence-corrected chi connectivity index (χ0v) is 18.4. The van der Waals surface area contributed by atoms with E-state index in [0.29, 0.717) is 5.20 Å². The molecule has 2 aromatic carbocycles. The minimum absolute atomic E-state index is 0.145. The quantitative estimate of drug-likeness (QED) is 0.291. The second-order valence-electron chi connectivity index (χ2n) is 6.41. The summed E-state index contributed by atoms with van der Waals surface area (Å²) in [6.07, 6.45) is 2.52. The lowest BCUT2D eigenvalue weighted by molar-refractivity contribution is -0.138. The van der Waals surface area contributed by atoms with Gasteiger partial charge in [0.25, 0.3) is 0 Å².